The van der Waals surface area contributed by atoms with Crippen LogP contribution < -0.4 is 0 Å². The highest BCUT2D eigenvalue weighted by atomic mass is 19.4. The smallest absolute Gasteiger partial charge is 0.435 e. The van der Waals surface area contributed by atoms with E-state index in [9.17, 15) is 18.0 Å². The summed E-state index contributed by atoms with van der Waals surface area (Å²) in [6.07, 6.45) is -1.81. The first kappa shape index (κ1) is 14.1. The molecule has 0 spiro atoms. The van der Waals surface area contributed by atoms with Crippen molar-refractivity contribution >= 4 is 17.2 Å². The van der Waals surface area contributed by atoms with Crippen molar-refractivity contribution < 1.29 is 23.1 Å². The van der Waals surface area contributed by atoms with Gasteiger partial charge < -0.3 is 5.11 Å². The van der Waals surface area contributed by atoms with Crippen LogP contribution in [0.3, 0.4) is 0 Å². The summed E-state index contributed by atoms with van der Waals surface area (Å²) in [4.78, 5) is 14.7. The maximum atomic E-state index is 13.1. The number of halogens is 3. The first-order chi connectivity index (χ1) is 9.36. The van der Waals surface area contributed by atoms with E-state index < -0.39 is 29.1 Å². The van der Waals surface area contributed by atoms with Crippen molar-refractivity contribution in [2.45, 2.75) is 19.5 Å². The van der Waals surface area contributed by atoms with Crippen LogP contribution in [0.5, 0.6) is 0 Å². The molecule has 0 aromatic carbocycles. The standard InChI is InChI=1S/C13H11F3N2O2/c1-2-5-8(12(19)20)10-11(13(14,15)16)17-9-6-3-4-7-18(9)10/h3-7H,2H2,1H3,(H,19,20)/b8-5+. The number of carboxylic acid groups (broad SMARTS) is 1. The minimum atomic E-state index is -4.72. The predicted molar refractivity (Wildman–Crippen MR) is 66.1 cm³/mol. The van der Waals surface area contributed by atoms with Crippen LogP contribution in [0.2, 0.25) is 0 Å². The monoisotopic (exact) mass is 284 g/mol. The molecule has 0 aliphatic rings. The molecule has 0 unspecified atom stereocenters. The fraction of sp³-hybridized carbons (Fsp3) is 0.231. The second kappa shape index (κ2) is 4.99. The zero-order valence-corrected chi connectivity index (χ0v) is 10.5. The Balaban J connectivity index is 2.84. The van der Waals surface area contributed by atoms with Gasteiger partial charge in [0.05, 0.1) is 11.3 Å². The number of hydrogen-bond acceptors (Lipinski definition) is 2. The second-order valence-corrected chi connectivity index (χ2v) is 4.07. The van der Waals surface area contributed by atoms with E-state index in [-0.39, 0.29) is 5.65 Å². The number of pyridine rings is 1. The molecule has 2 aromatic rings. The van der Waals surface area contributed by atoms with E-state index in [1.165, 1.54) is 30.5 Å². The Morgan fingerprint density at radius 2 is 2.15 bits per heavy atom. The average Bonchev–Trinajstić information content (AvgIpc) is 2.74. The Morgan fingerprint density at radius 1 is 1.45 bits per heavy atom. The molecule has 2 aromatic heterocycles. The number of fused-ring (bicyclic) bond motifs is 1. The highest BCUT2D eigenvalue weighted by molar-refractivity contribution is 6.15. The van der Waals surface area contributed by atoms with Crippen LogP contribution in [-0.2, 0) is 11.0 Å². The van der Waals surface area contributed by atoms with Gasteiger partial charge in [0.15, 0.2) is 5.69 Å². The van der Waals surface area contributed by atoms with E-state index in [0.717, 1.165) is 4.40 Å². The molecule has 2 rings (SSSR count). The Kier molecular flexibility index (Phi) is 3.52. The van der Waals surface area contributed by atoms with Gasteiger partial charge in [0.25, 0.3) is 0 Å². The van der Waals surface area contributed by atoms with E-state index in [4.69, 9.17) is 5.11 Å². The van der Waals surface area contributed by atoms with Gasteiger partial charge in [-0.05, 0) is 18.6 Å². The molecule has 0 fully saturated rings. The summed E-state index contributed by atoms with van der Waals surface area (Å²) in [7, 11) is 0. The van der Waals surface area contributed by atoms with Crippen LogP contribution in [0, 0.1) is 0 Å². The van der Waals surface area contributed by atoms with E-state index in [1.807, 2.05) is 0 Å². The molecule has 0 bridgehead atoms. The summed E-state index contributed by atoms with van der Waals surface area (Å²) in [5.41, 5.74) is -1.98. The lowest BCUT2D eigenvalue weighted by Crippen LogP contribution is -2.12. The number of imidazole rings is 1. The van der Waals surface area contributed by atoms with Crippen LogP contribution >= 0.6 is 0 Å². The van der Waals surface area contributed by atoms with Crippen LogP contribution in [0.25, 0.3) is 11.2 Å². The first-order valence-corrected chi connectivity index (χ1v) is 5.84. The Bertz CT molecular complexity index is 686. The Hall–Kier alpha value is -2.31. The summed E-state index contributed by atoms with van der Waals surface area (Å²) < 4.78 is 40.3. The number of carboxylic acids is 1. The molecule has 0 saturated carbocycles. The maximum absolute atomic E-state index is 13.1. The van der Waals surface area contributed by atoms with Crippen molar-refractivity contribution in [1.82, 2.24) is 9.38 Å². The van der Waals surface area contributed by atoms with Crippen LogP contribution in [0.4, 0.5) is 13.2 Å². The third kappa shape index (κ3) is 2.38. The fourth-order valence-electron chi connectivity index (χ4n) is 1.94. The van der Waals surface area contributed by atoms with Crippen molar-refractivity contribution in [1.29, 1.82) is 0 Å². The molecule has 0 aliphatic carbocycles. The number of nitrogens with zero attached hydrogens (tertiary/aromatic N) is 2. The molecule has 4 nitrogen and oxygen atoms in total. The normalized spacial score (nSPS) is 12.9. The highest BCUT2D eigenvalue weighted by Crippen LogP contribution is 2.35. The van der Waals surface area contributed by atoms with Crippen molar-refractivity contribution in [3.63, 3.8) is 0 Å². The van der Waals surface area contributed by atoms with Gasteiger partial charge in [0, 0.05) is 6.20 Å². The molecular formula is C13H11F3N2O2. The van der Waals surface area contributed by atoms with E-state index in [1.54, 1.807) is 6.92 Å². The molecule has 20 heavy (non-hydrogen) atoms. The van der Waals surface area contributed by atoms with Crippen molar-refractivity contribution in [3.8, 4) is 0 Å². The number of rotatable bonds is 3. The van der Waals surface area contributed by atoms with Gasteiger partial charge in [-0.25, -0.2) is 9.78 Å². The van der Waals surface area contributed by atoms with Crippen molar-refractivity contribution in [2.75, 3.05) is 0 Å². The van der Waals surface area contributed by atoms with Gasteiger partial charge in [-0.2, -0.15) is 13.2 Å². The number of alkyl halides is 3. The van der Waals surface area contributed by atoms with Gasteiger partial charge in [-0.1, -0.05) is 19.1 Å². The van der Waals surface area contributed by atoms with Crippen molar-refractivity contribution in [3.05, 3.63) is 41.9 Å². The van der Waals surface area contributed by atoms with Gasteiger partial charge in [-0.3, -0.25) is 4.40 Å². The van der Waals surface area contributed by atoms with Gasteiger partial charge >= 0.3 is 12.1 Å². The quantitative estimate of drug-likeness (QED) is 0.880. The summed E-state index contributed by atoms with van der Waals surface area (Å²) in [5.74, 6) is -1.41. The SMILES string of the molecule is CC/C=C(/C(=O)O)c1c(C(F)(F)F)nc2ccccn12. The topological polar surface area (TPSA) is 54.6 Å². The maximum Gasteiger partial charge on any atom is 0.435 e. The summed E-state index contributed by atoms with van der Waals surface area (Å²) in [6, 6.07) is 4.45. The molecule has 0 atom stereocenters. The number of hydrogen-bond donors (Lipinski definition) is 1. The van der Waals surface area contributed by atoms with E-state index >= 15 is 0 Å². The molecule has 2 heterocycles. The van der Waals surface area contributed by atoms with Crippen LogP contribution in [-0.4, -0.2) is 20.5 Å². The van der Waals surface area contributed by atoms with Gasteiger partial charge in [0.2, 0.25) is 0 Å². The molecule has 7 heteroatoms. The molecule has 0 radical (unpaired) electrons. The summed E-state index contributed by atoms with van der Waals surface area (Å²) in [5, 5.41) is 9.15. The summed E-state index contributed by atoms with van der Waals surface area (Å²) >= 11 is 0. The average molecular weight is 284 g/mol. The Labute approximate surface area is 112 Å². The molecule has 106 valence electrons. The van der Waals surface area contributed by atoms with Crippen LogP contribution in [0.1, 0.15) is 24.7 Å². The number of allylic oxidation sites excluding steroid dienone is 1. The first-order valence-electron chi connectivity index (χ1n) is 5.84. The second-order valence-electron chi connectivity index (χ2n) is 4.07. The number of aliphatic carboxylic acids is 1. The molecule has 0 amide bonds. The predicted octanol–water partition coefficient (Wildman–Crippen LogP) is 3.23. The molecule has 0 saturated heterocycles. The van der Waals surface area contributed by atoms with Crippen molar-refractivity contribution in [2.24, 2.45) is 0 Å². The Morgan fingerprint density at radius 3 is 2.70 bits per heavy atom. The van der Waals surface area contributed by atoms with Gasteiger partial charge in [-0.15, -0.1) is 0 Å². The minimum Gasteiger partial charge on any atom is -0.478 e. The van der Waals surface area contributed by atoms with Gasteiger partial charge in [0.1, 0.15) is 5.65 Å². The molecular weight excluding hydrogens is 273 g/mol. The van der Waals surface area contributed by atoms with E-state index in [2.05, 4.69) is 4.98 Å². The minimum absolute atomic E-state index is 0.0538. The summed E-state index contributed by atoms with van der Waals surface area (Å²) in [6.45, 7) is 1.65. The zero-order valence-electron chi connectivity index (χ0n) is 10.5. The molecule has 0 aliphatic heterocycles. The number of aromatic nitrogens is 2. The third-order valence-corrected chi connectivity index (χ3v) is 2.69. The lowest BCUT2D eigenvalue weighted by Gasteiger charge is -2.08. The lowest BCUT2D eigenvalue weighted by molar-refractivity contribution is -0.141. The third-order valence-electron chi connectivity index (χ3n) is 2.69. The lowest BCUT2D eigenvalue weighted by atomic mass is 10.1. The largest absolute Gasteiger partial charge is 0.478 e. The van der Waals surface area contributed by atoms with E-state index in [0.29, 0.717) is 6.42 Å². The number of carbonyl (C=O) groups is 1. The highest BCUT2D eigenvalue weighted by Gasteiger charge is 2.39. The van der Waals surface area contributed by atoms with Crippen LogP contribution in [0.15, 0.2) is 30.5 Å². The fourth-order valence-corrected chi connectivity index (χ4v) is 1.94. The zero-order chi connectivity index (χ0) is 14.9. The molecule has 1 N–H and O–H groups in total.